The first-order valence-corrected chi connectivity index (χ1v) is 7.42. The molecule has 96 valence electrons. The maximum absolute atomic E-state index is 5.31. The van der Waals surface area contributed by atoms with Gasteiger partial charge >= 0.3 is 0 Å². The van der Waals surface area contributed by atoms with Crippen molar-refractivity contribution in [1.29, 1.82) is 0 Å². The van der Waals surface area contributed by atoms with E-state index in [4.69, 9.17) is 4.74 Å². The quantitative estimate of drug-likeness (QED) is 0.775. The Morgan fingerprint density at radius 2 is 2.18 bits per heavy atom. The molecule has 0 fully saturated rings. The summed E-state index contributed by atoms with van der Waals surface area (Å²) in [6.45, 7) is 4.38. The van der Waals surface area contributed by atoms with Crippen LogP contribution in [0.3, 0.4) is 0 Å². The zero-order chi connectivity index (χ0) is 13.0. The third-order valence-corrected chi connectivity index (χ3v) is 4.20. The van der Waals surface area contributed by atoms with E-state index in [9.17, 15) is 0 Å². The van der Waals surface area contributed by atoms with E-state index in [2.05, 4.69) is 40.8 Å². The highest BCUT2D eigenvalue weighted by atomic mass is 79.9. The molecule has 1 aromatic heterocycles. The van der Waals surface area contributed by atoms with Crippen LogP contribution in [0.5, 0.6) is 5.88 Å². The van der Waals surface area contributed by atoms with Gasteiger partial charge in [-0.25, -0.2) is 0 Å². The summed E-state index contributed by atoms with van der Waals surface area (Å²) in [5.41, 5.74) is 1.34. The maximum atomic E-state index is 5.31. The molecule has 1 heterocycles. The van der Waals surface area contributed by atoms with Gasteiger partial charge in [-0.15, -0.1) is 0 Å². The van der Waals surface area contributed by atoms with Gasteiger partial charge in [0.25, 0.3) is 0 Å². The summed E-state index contributed by atoms with van der Waals surface area (Å²) in [7, 11) is 5.63. The van der Waals surface area contributed by atoms with Gasteiger partial charge in [0.05, 0.1) is 12.0 Å². The fourth-order valence-electron chi connectivity index (χ4n) is 1.26. The topological polar surface area (TPSA) is 25.4 Å². The van der Waals surface area contributed by atoms with E-state index in [1.807, 2.05) is 19.0 Å². The molecule has 1 aromatic rings. The minimum Gasteiger partial charge on any atom is -0.480 e. The Morgan fingerprint density at radius 1 is 1.53 bits per heavy atom. The van der Waals surface area contributed by atoms with Gasteiger partial charge in [0.15, 0.2) is 5.13 Å². The van der Waals surface area contributed by atoms with Gasteiger partial charge < -0.3 is 9.64 Å². The van der Waals surface area contributed by atoms with E-state index >= 15 is 0 Å². The lowest BCUT2D eigenvalue weighted by atomic mass is 10.1. The molecule has 0 spiro atoms. The molecule has 0 saturated carbocycles. The summed E-state index contributed by atoms with van der Waals surface area (Å²) in [4.78, 5) is 7.51. The highest BCUT2D eigenvalue weighted by molar-refractivity contribution is 9.09. The first kappa shape index (κ1) is 14.5. The summed E-state index contributed by atoms with van der Waals surface area (Å²) in [5.74, 6) is 1.22. The number of anilines is 1. The summed E-state index contributed by atoms with van der Waals surface area (Å²) < 4.78 is 5.31. The summed E-state index contributed by atoms with van der Waals surface area (Å²) in [6, 6.07) is 0. The number of hydrogen-bond acceptors (Lipinski definition) is 4. The Balaban J connectivity index is 3.12. The maximum Gasteiger partial charge on any atom is 0.233 e. The molecule has 0 aromatic carbocycles. The van der Waals surface area contributed by atoms with Crippen molar-refractivity contribution in [1.82, 2.24) is 4.98 Å². The molecule has 5 heteroatoms. The highest BCUT2D eigenvalue weighted by Crippen LogP contribution is 2.33. The van der Waals surface area contributed by atoms with Crippen molar-refractivity contribution in [3.63, 3.8) is 0 Å². The van der Waals surface area contributed by atoms with Gasteiger partial charge in [-0.1, -0.05) is 46.7 Å². The number of aromatic nitrogens is 1. The molecule has 0 atom stereocenters. The van der Waals surface area contributed by atoms with Crippen LogP contribution < -0.4 is 9.64 Å². The lowest BCUT2D eigenvalue weighted by Crippen LogP contribution is -2.07. The number of methoxy groups -OCH3 is 1. The highest BCUT2D eigenvalue weighted by Gasteiger charge is 2.12. The molecule has 17 heavy (non-hydrogen) atoms. The Labute approximate surface area is 116 Å². The van der Waals surface area contributed by atoms with Crippen LogP contribution in [0.4, 0.5) is 5.13 Å². The molecular weight excluding hydrogens is 300 g/mol. The van der Waals surface area contributed by atoms with Crippen LogP contribution in [-0.2, 0) is 0 Å². The first-order chi connectivity index (χ1) is 7.99. The van der Waals surface area contributed by atoms with Gasteiger partial charge in [0, 0.05) is 19.4 Å². The predicted octanol–water partition coefficient (Wildman–Crippen LogP) is 3.65. The van der Waals surface area contributed by atoms with E-state index < -0.39 is 0 Å². The van der Waals surface area contributed by atoms with E-state index in [1.165, 1.54) is 5.57 Å². The molecule has 0 N–H and O–H groups in total. The van der Waals surface area contributed by atoms with Crippen LogP contribution in [0.2, 0.25) is 0 Å². The third kappa shape index (κ3) is 3.71. The van der Waals surface area contributed by atoms with Gasteiger partial charge in [0.1, 0.15) is 0 Å². The van der Waals surface area contributed by atoms with E-state index in [0.717, 1.165) is 15.3 Å². The lowest BCUT2D eigenvalue weighted by molar-refractivity contribution is 0.400. The standard InChI is InChI=1S/C12H19BrN2OS/c1-8(2)9(7-13)6-10-11(16-5)14-12(17-10)15(3)4/h6,8H,7H2,1-5H3. The summed E-state index contributed by atoms with van der Waals surface area (Å²) >= 11 is 5.17. The van der Waals surface area contributed by atoms with Crippen LogP contribution in [-0.4, -0.2) is 31.5 Å². The predicted molar refractivity (Wildman–Crippen MR) is 79.6 cm³/mol. The number of alkyl halides is 1. The number of nitrogens with zero attached hydrogens (tertiary/aromatic N) is 2. The minimum atomic E-state index is 0.518. The van der Waals surface area contributed by atoms with Crippen LogP contribution in [0.15, 0.2) is 5.57 Å². The number of halogens is 1. The van der Waals surface area contributed by atoms with Crippen LogP contribution in [0.1, 0.15) is 18.7 Å². The van der Waals surface area contributed by atoms with E-state index in [-0.39, 0.29) is 0 Å². The Hall–Kier alpha value is -0.550. The number of thiazole rings is 1. The Morgan fingerprint density at radius 3 is 2.59 bits per heavy atom. The SMILES string of the molecule is COc1nc(N(C)C)sc1C=C(CBr)C(C)C. The van der Waals surface area contributed by atoms with Crippen molar-refractivity contribution in [2.75, 3.05) is 31.4 Å². The van der Waals surface area contributed by atoms with Crippen molar-refractivity contribution in [2.24, 2.45) is 5.92 Å². The van der Waals surface area contributed by atoms with E-state index in [0.29, 0.717) is 11.8 Å². The zero-order valence-electron chi connectivity index (χ0n) is 11.0. The second-order valence-electron chi connectivity index (χ2n) is 4.27. The van der Waals surface area contributed by atoms with E-state index in [1.54, 1.807) is 18.4 Å². The molecule has 0 saturated heterocycles. The fourth-order valence-corrected chi connectivity index (χ4v) is 3.01. The minimum absolute atomic E-state index is 0.518. The number of allylic oxidation sites excluding steroid dienone is 1. The van der Waals surface area contributed by atoms with Crippen molar-refractivity contribution >= 4 is 38.5 Å². The largest absolute Gasteiger partial charge is 0.480 e. The summed E-state index contributed by atoms with van der Waals surface area (Å²) in [5, 5.41) is 1.84. The summed E-state index contributed by atoms with van der Waals surface area (Å²) in [6.07, 6.45) is 2.17. The van der Waals surface area contributed by atoms with Gasteiger partial charge in [-0.05, 0) is 12.0 Å². The Bertz CT molecular complexity index is 399. The molecule has 0 aliphatic carbocycles. The molecular formula is C12H19BrN2OS. The van der Waals surface area contributed by atoms with Crippen molar-refractivity contribution in [3.05, 3.63) is 10.5 Å². The lowest BCUT2D eigenvalue weighted by Gasteiger charge is -2.07. The molecule has 1 rings (SSSR count). The second kappa shape index (κ2) is 6.40. The first-order valence-electron chi connectivity index (χ1n) is 5.48. The van der Waals surface area contributed by atoms with Crippen molar-refractivity contribution < 1.29 is 4.74 Å². The van der Waals surface area contributed by atoms with Gasteiger partial charge in [-0.3, -0.25) is 0 Å². The molecule has 3 nitrogen and oxygen atoms in total. The average Bonchev–Trinajstić information content (AvgIpc) is 2.68. The van der Waals surface area contributed by atoms with Crippen LogP contribution in [0.25, 0.3) is 6.08 Å². The van der Waals surface area contributed by atoms with Crippen LogP contribution in [0, 0.1) is 5.92 Å². The monoisotopic (exact) mass is 318 g/mol. The molecule has 0 unspecified atom stereocenters. The molecule has 0 aliphatic rings. The number of rotatable bonds is 5. The fraction of sp³-hybridized carbons (Fsp3) is 0.583. The van der Waals surface area contributed by atoms with Crippen molar-refractivity contribution in [2.45, 2.75) is 13.8 Å². The molecule has 0 amide bonds. The molecule has 0 aliphatic heterocycles. The van der Waals surface area contributed by atoms with Crippen molar-refractivity contribution in [3.8, 4) is 5.88 Å². The molecule has 0 radical (unpaired) electrons. The van der Waals surface area contributed by atoms with Gasteiger partial charge in [0.2, 0.25) is 5.88 Å². The normalized spacial score (nSPS) is 12.1. The second-order valence-corrected chi connectivity index (χ2v) is 5.84. The molecule has 0 bridgehead atoms. The van der Waals surface area contributed by atoms with Crippen LogP contribution >= 0.6 is 27.3 Å². The van der Waals surface area contributed by atoms with Gasteiger partial charge in [-0.2, -0.15) is 4.98 Å². The third-order valence-electron chi connectivity index (χ3n) is 2.40. The Kier molecular flexibility index (Phi) is 5.46. The smallest absolute Gasteiger partial charge is 0.233 e. The zero-order valence-corrected chi connectivity index (χ0v) is 13.4. The average molecular weight is 319 g/mol. The number of ether oxygens (including phenoxy) is 1. The number of hydrogen-bond donors (Lipinski definition) is 0.